The number of amides is 1. The zero-order valence-electron chi connectivity index (χ0n) is 14.2. The Kier molecular flexibility index (Phi) is 4.55. The number of benzene rings is 2. The van der Waals surface area contributed by atoms with Crippen molar-refractivity contribution in [3.8, 4) is 17.0 Å². The van der Waals surface area contributed by atoms with Crippen LogP contribution in [0.4, 0.5) is 10.8 Å². The molecular formula is C19H15N3O4S. The molecule has 7 nitrogen and oxygen atoms in total. The van der Waals surface area contributed by atoms with Gasteiger partial charge in [-0.2, -0.15) is 0 Å². The maximum Gasteiger partial charge on any atom is 0.273 e. The van der Waals surface area contributed by atoms with Gasteiger partial charge in [0.25, 0.3) is 5.69 Å². The molecule has 1 N–H and O–H groups in total. The number of nitrogens with one attached hydrogen (secondary N) is 1. The lowest BCUT2D eigenvalue weighted by molar-refractivity contribution is -0.385. The van der Waals surface area contributed by atoms with Gasteiger partial charge in [-0.05, 0) is 23.8 Å². The van der Waals surface area contributed by atoms with E-state index in [9.17, 15) is 14.9 Å². The van der Waals surface area contributed by atoms with Gasteiger partial charge in [0, 0.05) is 29.0 Å². The summed E-state index contributed by atoms with van der Waals surface area (Å²) in [5.41, 5.74) is 3.20. The largest absolute Gasteiger partial charge is 0.493 e. The van der Waals surface area contributed by atoms with Crippen molar-refractivity contribution in [3.05, 3.63) is 69.1 Å². The molecule has 27 heavy (non-hydrogen) atoms. The summed E-state index contributed by atoms with van der Waals surface area (Å²) in [5.74, 6) is 0.569. The van der Waals surface area contributed by atoms with Crippen LogP contribution in [0.5, 0.6) is 5.75 Å². The van der Waals surface area contributed by atoms with Crippen molar-refractivity contribution < 1.29 is 14.5 Å². The predicted molar refractivity (Wildman–Crippen MR) is 102 cm³/mol. The minimum absolute atomic E-state index is 0.0622. The predicted octanol–water partition coefficient (Wildman–Crippen LogP) is 3.83. The molecule has 8 heteroatoms. The van der Waals surface area contributed by atoms with E-state index in [1.807, 2.05) is 17.5 Å². The molecule has 0 radical (unpaired) electrons. The van der Waals surface area contributed by atoms with Crippen molar-refractivity contribution in [1.82, 2.24) is 4.98 Å². The van der Waals surface area contributed by atoms with Crippen LogP contribution in [0.3, 0.4) is 0 Å². The minimum atomic E-state index is -0.484. The zero-order valence-corrected chi connectivity index (χ0v) is 15.0. The molecule has 0 spiro atoms. The third-order valence-electron chi connectivity index (χ3n) is 4.28. The molecule has 0 saturated heterocycles. The number of fused-ring (bicyclic) bond motifs is 1. The average molecular weight is 381 g/mol. The fourth-order valence-electron chi connectivity index (χ4n) is 2.98. The van der Waals surface area contributed by atoms with Crippen LogP contribution in [0.25, 0.3) is 11.3 Å². The van der Waals surface area contributed by atoms with Crippen molar-refractivity contribution in [2.75, 3.05) is 11.9 Å². The zero-order chi connectivity index (χ0) is 18.8. The van der Waals surface area contributed by atoms with Gasteiger partial charge in [-0.25, -0.2) is 4.98 Å². The van der Waals surface area contributed by atoms with Crippen LogP contribution in [0, 0.1) is 10.1 Å². The molecule has 0 aliphatic carbocycles. The highest BCUT2D eigenvalue weighted by atomic mass is 32.1. The van der Waals surface area contributed by atoms with E-state index in [0.717, 1.165) is 29.0 Å². The van der Waals surface area contributed by atoms with Crippen LogP contribution in [-0.2, 0) is 17.6 Å². The number of anilines is 1. The molecule has 0 fully saturated rings. The molecule has 0 unspecified atom stereocenters. The van der Waals surface area contributed by atoms with Crippen LogP contribution in [0.2, 0.25) is 0 Å². The van der Waals surface area contributed by atoms with Gasteiger partial charge in [0.1, 0.15) is 5.75 Å². The number of nitro benzene ring substituents is 1. The molecule has 2 heterocycles. The average Bonchev–Trinajstić information content (AvgIpc) is 3.30. The maximum atomic E-state index is 12.3. The molecular weight excluding hydrogens is 366 g/mol. The van der Waals surface area contributed by atoms with E-state index < -0.39 is 4.92 Å². The van der Waals surface area contributed by atoms with E-state index in [2.05, 4.69) is 16.4 Å². The molecule has 0 bridgehead atoms. The second kappa shape index (κ2) is 7.16. The summed E-state index contributed by atoms with van der Waals surface area (Å²) in [5, 5.41) is 16.1. The molecule has 1 aliphatic rings. The summed E-state index contributed by atoms with van der Waals surface area (Å²) in [6, 6.07) is 12.2. The second-order valence-corrected chi connectivity index (χ2v) is 6.93. The Hall–Kier alpha value is -3.26. The Morgan fingerprint density at radius 2 is 2.15 bits per heavy atom. The van der Waals surface area contributed by atoms with Gasteiger partial charge in [0.15, 0.2) is 5.13 Å². The van der Waals surface area contributed by atoms with Crippen LogP contribution in [0.15, 0.2) is 47.8 Å². The number of ether oxygens (including phenoxy) is 1. The van der Waals surface area contributed by atoms with Crippen LogP contribution in [0.1, 0.15) is 11.1 Å². The lowest BCUT2D eigenvalue weighted by Gasteiger charge is -2.03. The van der Waals surface area contributed by atoms with Crippen LogP contribution >= 0.6 is 11.3 Å². The summed E-state index contributed by atoms with van der Waals surface area (Å²) >= 11 is 1.32. The number of aromatic nitrogens is 1. The normalized spacial score (nSPS) is 12.3. The number of hydrogen-bond donors (Lipinski definition) is 1. The summed E-state index contributed by atoms with van der Waals surface area (Å²) in [6.07, 6.45) is 0.801. The molecule has 3 aromatic rings. The van der Waals surface area contributed by atoms with Gasteiger partial charge in [-0.1, -0.05) is 18.2 Å². The Morgan fingerprint density at radius 1 is 1.30 bits per heavy atom. The van der Waals surface area contributed by atoms with Gasteiger partial charge in [-0.3, -0.25) is 14.9 Å². The Bertz CT molecular complexity index is 1030. The maximum absolute atomic E-state index is 12.3. The Labute approximate surface area is 158 Å². The first-order valence-electron chi connectivity index (χ1n) is 8.34. The van der Waals surface area contributed by atoms with Gasteiger partial charge in [-0.15, -0.1) is 11.3 Å². The van der Waals surface area contributed by atoms with E-state index >= 15 is 0 Å². The standard InChI is InChI=1S/C19H15N3O4S/c23-18(10-13-3-1-2-4-16(13)22(24)25)21-19-20-15(11-27-19)12-5-6-17-14(9-12)7-8-26-17/h1-6,9,11H,7-8,10H2,(H,20,21,23). The summed E-state index contributed by atoms with van der Waals surface area (Å²) in [6.45, 7) is 0.697. The van der Waals surface area contributed by atoms with Crippen molar-refractivity contribution >= 4 is 28.1 Å². The molecule has 4 rings (SSSR count). The molecule has 1 aliphatic heterocycles. The quantitative estimate of drug-likeness (QED) is 0.535. The number of nitro groups is 1. The van der Waals surface area contributed by atoms with E-state index in [-0.39, 0.29) is 18.0 Å². The van der Waals surface area contributed by atoms with E-state index in [0.29, 0.717) is 17.3 Å². The number of nitrogens with zero attached hydrogens (tertiary/aromatic N) is 2. The number of rotatable bonds is 5. The lowest BCUT2D eigenvalue weighted by Crippen LogP contribution is -2.15. The van der Waals surface area contributed by atoms with Crippen molar-refractivity contribution in [1.29, 1.82) is 0 Å². The highest BCUT2D eigenvalue weighted by Gasteiger charge is 2.17. The summed E-state index contributed by atoms with van der Waals surface area (Å²) in [4.78, 5) is 27.3. The van der Waals surface area contributed by atoms with Crippen molar-refractivity contribution in [3.63, 3.8) is 0 Å². The lowest BCUT2D eigenvalue weighted by atomic mass is 10.1. The van der Waals surface area contributed by atoms with E-state index in [4.69, 9.17) is 4.74 Å². The highest BCUT2D eigenvalue weighted by Crippen LogP contribution is 2.32. The van der Waals surface area contributed by atoms with E-state index in [1.54, 1.807) is 18.2 Å². The van der Waals surface area contributed by atoms with Gasteiger partial charge in [0.2, 0.25) is 5.91 Å². The highest BCUT2D eigenvalue weighted by molar-refractivity contribution is 7.14. The molecule has 2 aromatic carbocycles. The van der Waals surface area contributed by atoms with Gasteiger partial charge < -0.3 is 10.1 Å². The van der Waals surface area contributed by atoms with Crippen molar-refractivity contribution in [2.24, 2.45) is 0 Å². The first-order chi connectivity index (χ1) is 13.1. The van der Waals surface area contributed by atoms with Gasteiger partial charge in [0.05, 0.1) is 23.6 Å². The molecule has 1 amide bonds. The summed E-state index contributed by atoms with van der Waals surface area (Å²) in [7, 11) is 0. The van der Waals surface area contributed by atoms with Crippen LogP contribution in [-0.4, -0.2) is 22.4 Å². The number of thiazole rings is 1. The minimum Gasteiger partial charge on any atom is -0.493 e. The SMILES string of the molecule is O=C(Cc1ccccc1[N+](=O)[O-])Nc1nc(-c2ccc3c(c2)CCO3)cs1. The summed E-state index contributed by atoms with van der Waals surface area (Å²) < 4.78 is 5.51. The van der Waals surface area contributed by atoms with Gasteiger partial charge >= 0.3 is 0 Å². The molecule has 0 saturated carbocycles. The third kappa shape index (κ3) is 3.65. The van der Waals surface area contributed by atoms with Crippen LogP contribution < -0.4 is 10.1 Å². The number of hydrogen-bond acceptors (Lipinski definition) is 6. The Balaban J connectivity index is 1.47. The molecule has 136 valence electrons. The number of carbonyl (C=O) groups excluding carboxylic acids is 1. The van der Waals surface area contributed by atoms with Crippen molar-refractivity contribution in [2.45, 2.75) is 12.8 Å². The smallest absolute Gasteiger partial charge is 0.273 e. The third-order valence-corrected chi connectivity index (χ3v) is 5.03. The fourth-order valence-corrected chi connectivity index (χ4v) is 3.72. The molecule has 1 aromatic heterocycles. The second-order valence-electron chi connectivity index (χ2n) is 6.07. The Morgan fingerprint density at radius 3 is 3.00 bits per heavy atom. The fraction of sp³-hybridized carbons (Fsp3) is 0.158. The number of para-hydroxylation sites is 1. The monoisotopic (exact) mass is 381 g/mol. The molecule has 0 atom stereocenters. The first kappa shape index (κ1) is 17.2. The number of carbonyl (C=O) groups is 1. The van der Waals surface area contributed by atoms with E-state index in [1.165, 1.54) is 17.4 Å². The topological polar surface area (TPSA) is 94.4 Å². The first-order valence-corrected chi connectivity index (χ1v) is 9.22.